The van der Waals surface area contributed by atoms with Crippen molar-refractivity contribution in [3.05, 3.63) is 76.7 Å². The molecule has 1 heterocycles. The molecule has 0 fully saturated rings. The van der Waals surface area contributed by atoms with E-state index in [0.717, 1.165) is 39.8 Å². The van der Waals surface area contributed by atoms with Crippen LogP contribution in [-0.4, -0.2) is 27.7 Å². The van der Waals surface area contributed by atoms with Crippen LogP contribution in [0.2, 0.25) is 5.02 Å². The number of benzene rings is 2. The Hall–Kier alpha value is -2.18. The molecule has 0 radical (unpaired) electrons. The minimum atomic E-state index is -0.499. The van der Waals surface area contributed by atoms with Crippen LogP contribution in [0.3, 0.4) is 0 Å². The maximum Gasteiger partial charge on any atom is 0.116 e. The van der Waals surface area contributed by atoms with Gasteiger partial charge in [0.2, 0.25) is 0 Å². The summed E-state index contributed by atoms with van der Waals surface area (Å²) in [5, 5.41) is 18.2. The van der Waals surface area contributed by atoms with Crippen molar-refractivity contribution in [3.8, 4) is 11.3 Å². The zero-order valence-corrected chi connectivity index (χ0v) is 20.1. The fourth-order valence-corrected chi connectivity index (χ4v) is 4.31. The average molecular weight is 473 g/mol. The van der Waals surface area contributed by atoms with Gasteiger partial charge in [0.25, 0.3) is 0 Å². The van der Waals surface area contributed by atoms with E-state index in [-0.39, 0.29) is 24.4 Å². The molecule has 1 aliphatic rings. The first-order chi connectivity index (χ1) is 14.9. The Balaban J connectivity index is 0.00000289. The first-order valence-electron chi connectivity index (χ1n) is 10.8. The third-order valence-electron chi connectivity index (χ3n) is 5.80. The summed E-state index contributed by atoms with van der Waals surface area (Å²) in [5.74, 6) is 0.246. The highest BCUT2D eigenvalue weighted by molar-refractivity contribution is 6.30. The lowest BCUT2D eigenvalue weighted by Gasteiger charge is -2.23. The quantitative estimate of drug-likeness (QED) is 0.398. The first-order valence-corrected chi connectivity index (χ1v) is 11.2. The molecule has 0 spiro atoms. The lowest BCUT2D eigenvalue weighted by atomic mass is 9.98. The molecular formula is C25H30Cl2N4O. The standard InChI is InChI=1S/C25H29ClN4O.ClH/c1-15(2)27-13-21(17-4-8-19(26)9-5-17)30-20-10-6-18(7-11-20)24-23-16(3)12-22(31)25(23)29-14-28-24;/h4-11,14-16,21-22,27,30-31H,12-13H2,1-3H3;1H/t16-,21?,22-;/m1./s1. The van der Waals surface area contributed by atoms with Crippen LogP contribution in [0.1, 0.15) is 62.1 Å². The number of aliphatic hydroxyl groups is 1. The van der Waals surface area contributed by atoms with Crippen molar-refractivity contribution in [2.75, 3.05) is 11.9 Å². The molecule has 0 amide bonds. The van der Waals surface area contributed by atoms with E-state index >= 15 is 0 Å². The molecule has 3 aromatic rings. The lowest BCUT2D eigenvalue weighted by molar-refractivity contribution is 0.170. The van der Waals surface area contributed by atoms with Gasteiger partial charge in [-0.3, -0.25) is 0 Å². The summed E-state index contributed by atoms with van der Waals surface area (Å²) in [6.07, 6.45) is 1.75. The van der Waals surface area contributed by atoms with Crippen molar-refractivity contribution in [2.45, 2.75) is 51.3 Å². The lowest BCUT2D eigenvalue weighted by Crippen LogP contribution is -2.31. The molecule has 3 N–H and O–H groups in total. The molecule has 1 unspecified atom stereocenters. The molecule has 0 bridgehead atoms. The number of aliphatic hydroxyl groups excluding tert-OH is 1. The van der Waals surface area contributed by atoms with Gasteiger partial charge in [-0.1, -0.05) is 56.6 Å². The zero-order chi connectivity index (χ0) is 22.0. The molecule has 0 aliphatic heterocycles. The van der Waals surface area contributed by atoms with Crippen LogP contribution in [0.15, 0.2) is 54.9 Å². The zero-order valence-electron chi connectivity index (χ0n) is 18.5. The number of anilines is 1. The fourth-order valence-electron chi connectivity index (χ4n) is 4.18. The van der Waals surface area contributed by atoms with E-state index in [1.807, 2.05) is 12.1 Å². The van der Waals surface area contributed by atoms with Gasteiger partial charge in [-0.2, -0.15) is 0 Å². The van der Waals surface area contributed by atoms with E-state index in [2.05, 4.69) is 77.8 Å². The van der Waals surface area contributed by atoms with Crippen LogP contribution in [0.25, 0.3) is 11.3 Å². The Labute approximate surface area is 201 Å². The Kier molecular flexibility index (Phi) is 8.12. The van der Waals surface area contributed by atoms with E-state index in [9.17, 15) is 5.11 Å². The number of nitrogens with one attached hydrogen (secondary N) is 2. The first kappa shape index (κ1) is 24.5. The number of halogens is 2. The number of hydrogen-bond donors (Lipinski definition) is 3. The molecule has 7 heteroatoms. The Morgan fingerprint density at radius 1 is 1.06 bits per heavy atom. The Bertz CT molecular complexity index is 1030. The van der Waals surface area contributed by atoms with Gasteiger partial charge >= 0.3 is 0 Å². The molecule has 1 aromatic heterocycles. The number of hydrogen-bond acceptors (Lipinski definition) is 5. The van der Waals surface area contributed by atoms with E-state index in [4.69, 9.17) is 11.6 Å². The summed E-state index contributed by atoms with van der Waals surface area (Å²) in [6, 6.07) is 16.8. The molecule has 0 saturated heterocycles. The number of aromatic nitrogens is 2. The van der Waals surface area contributed by atoms with Gasteiger partial charge in [0, 0.05) is 34.4 Å². The van der Waals surface area contributed by atoms with Gasteiger partial charge in [-0.05, 0) is 42.2 Å². The Morgan fingerprint density at radius 3 is 2.41 bits per heavy atom. The van der Waals surface area contributed by atoms with E-state index < -0.39 is 6.10 Å². The van der Waals surface area contributed by atoms with Gasteiger partial charge < -0.3 is 15.7 Å². The normalized spacial score (nSPS) is 18.2. The monoisotopic (exact) mass is 472 g/mol. The van der Waals surface area contributed by atoms with Crippen molar-refractivity contribution < 1.29 is 5.11 Å². The fraction of sp³-hybridized carbons (Fsp3) is 0.360. The van der Waals surface area contributed by atoms with E-state index in [0.29, 0.717) is 12.5 Å². The number of nitrogens with zero attached hydrogens (tertiary/aromatic N) is 2. The summed E-state index contributed by atoms with van der Waals surface area (Å²) in [6.45, 7) is 7.21. The largest absolute Gasteiger partial charge is 0.387 e. The van der Waals surface area contributed by atoms with Crippen molar-refractivity contribution in [3.63, 3.8) is 0 Å². The van der Waals surface area contributed by atoms with Gasteiger partial charge in [0.15, 0.2) is 0 Å². The SMILES string of the molecule is CC(C)NCC(Nc1ccc(-c2ncnc3c2[C@H](C)C[C@H]3O)cc1)c1ccc(Cl)cc1.Cl. The Morgan fingerprint density at radius 2 is 1.75 bits per heavy atom. The molecule has 4 rings (SSSR count). The summed E-state index contributed by atoms with van der Waals surface area (Å²) >= 11 is 6.08. The van der Waals surface area contributed by atoms with Crippen LogP contribution in [0.5, 0.6) is 0 Å². The summed E-state index contributed by atoms with van der Waals surface area (Å²) in [7, 11) is 0. The third kappa shape index (κ3) is 5.41. The van der Waals surface area contributed by atoms with Gasteiger partial charge in [-0.25, -0.2) is 9.97 Å². The summed E-state index contributed by atoms with van der Waals surface area (Å²) < 4.78 is 0. The minimum Gasteiger partial charge on any atom is -0.387 e. The topological polar surface area (TPSA) is 70.1 Å². The van der Waals surface area contributed by atoms with Crippen LogP contribution in [-0.2, 0) is 0 Å². The van der Waals surface area contributed by atoms with Gasteiger partial charge in [0.05, 0.1) is 23.5 Å². The van der Waals surface area contributed by atoms with Crippen LogP contribution >= 0.6 is 24.0 Å². The van der Waals surface area contributed by atoms with Crippen molar-refractivity contribution in [1.82, 2.24) is 15.3 Å². The van der Waals surface area contributed by atoms with Gasteiger partial charge in [0.1, 0.15) is 6.33 Å². The smallest absolute Gasteiger partial charge is 0.116 e. The summed E-state index contributed by atoms with van der Waals surface area (Å²) in [5.41, 5.74) is 5.99. The second-order valence-corrected chi connectivity index (χ2v) is 9.00. The predicted octanol–water partition coefficient (Wildman–Crippen LogP) is 5.91. The van der Waals surface area contributed by atoms with E-state index in [1.54, 1.807) is 6.33 Å². The van der Waals surface area contributed by atoms with E-state index in [1.165, 1.54) is 5.56 Å². The number of fused-ring (bicyclic) bond motifs is 1. The van der Waals surface area contributed by atoms with Crippen molar-refractivity contribution in [2.24, 2.45) is 0 Å². The molecule has 3 atom stereocenters. The molecule has 32 heavy (non-hydrogen) atoms. The van der Waals surface area contributed by atoms with Crippen LogP contribution < -0.4 is 10.6 Å². The second-order valence-electron chi connectivity index (χ2n) is 8.56. The van der Waals surface area contributed by atoms with Crippen LogP contribution in [0, 0.1) is 0 Å². The average Bonchev–Trinajstić information content (AvgIpc) is 3.06. The molecular weight excluding hydrogens is 443 g/mol. The highest BCUT2D eigenvalue weighted by Gasteiger charge is 2.31. The maximum absolute atomic E-state index is 10.3. The molecule has 1 aliphatic carbocycles. The van der Waals surface area contributed by atoms with Gasteiger partial charge in [-0.15, -0.1) is 12.4 Å². The number of rotatable bonds is 7. The van der Waals surface area contributed by atoms with Crippen molar-refractivity contribution >= 4 is 29.7 Å². The van der Waals surface area contributed by atoms with Crippen molar-refractivity contribution in [1.29, 1.82) is 0 Å². The summed E-state index contributed by atoms with van der Waals surface area (Å²) in [4.78, 5) is 8.85. The second kappa shape index (κ2) is 10.6. The highest BCUT2D eigenvalue weighted by atomic mass is 35.5. The molecule has 0 saturated carbocycles. The minimum absolute atomic E-state index is 0. The molecule has 5 nitrogen and oxygen atoms in total. The third-order valence-corrected chi connectivity index (χ3v) is 6.05. The van der Waals surface area contributed by atoms with Crippen LogP contribution in [0.4, 0.5) is 5.69 Å². The highest BCUT2D eigenvalue weighted by Crippen LogP contribution is 2.42. The molecule has 2 aromatic carbocycles. The predicted molar refractivity (Wildman–Crippen MR) is 134 cm³/mol. The maximum atomic E-state index is 10.3. The molecule has 170 valence electrons.